The summed E-state index contributed by atoms with van der Waals surface area (Å²) in [7, 11) is 0. The molecule has 0 saturated heterocycles. The second-order valence-corrected chi connectivity index (χ2v) is 6.78. The molecule has 0 bridgehead atoms. The molecule has 0 aliphatic heterocycles. The smallest absolute Gasteiger partial charge is 0.226 e. The van der Waals surface area contributed by atoms with Gasteiger partial charge in [-0.15, -0.1) is 11.3 Å². The van der Waals surface area contributed by atoms with Gasteiger partial charge in [0.25, 0.3) is 0 Å². The van der Waals surface area contributed by atoms with E-state index in [1.165, 1.54) is 17.7 Å². The van der Waals surface area contributed by atoms with Gasteiger partial charge in [0, 0.05) is 17.5 Å². The van der Waals surface area contributed by atoms with E-state index >= 15 is 0 Å². The fourth-order valence-corrected chi connectivity index (χ4v) is 3.38. The zero-order chi connectivity index (χ0) is 17.6. The Hall–Kier alpha value is -2.53. The lowest BCUT2D eigenvalue weighted by Gasteiger charge is -2.04. The topological polar surface area (TPSA) is 42.0 Å². The van der Waals surface area contributed by atoms with E-state index in [0.717, 1.165) is 21.8 Å². The lowest BCUT2D eigenvalue weighted by atomic mass is 10.1. The van der Waals surface area contributed by atoms with Gasteiger partial charge in [-0.05, 0) is 37.1 Å². The van der Waals surface area contributed by atoms with Crippen LogP contribution in [-0.2, 0) is 17.6 Å². The highest BCUT2D eigenvalue weighted by Gasteiger charge is 2.09. The minimum atomic E-state index is -0.255. The second-order valence-electron chi connectivity index (χ2n) is 5.92. The molecule has 0 saturated carbocycles. The number of aryl methyl sites for hydroxylation is 1. The van der Waals surface area contributed by atoms with Crippen LogP contribution in [0.5, 0.6) is 0 Å². The van der Waals surface area contributed by atoms with Crippen LogP contribution in [0.25, 0.3) is 10.6 Å². The first-order valence-electron chi connectivity index (χ1n) is 8.13. The van der Waals surface area contributed by atoms with Gasteiger partial charge in [-0.3, -0.25) is 4.79 Å². The van der Waals surface area contributed by atoms with E-state index in [9.17, 15) is 9.18 Å². The summed E-state index contributed by atoms with van der Waals surface area (Å²) in [6.07, 6.45) is 0.862. The van der Waals surface area contributed by atoms with Crippen LogP contribution in [0.1, 0.15) is 16.8 Å². The zero-order valence-corrected chi connectivity index (χ0v) is 14.8. The largest absolute Gasteiger partial charge is 0.355 e. The van der Waals surface area contributed by atoms with Gasteiger partial charge in [-0.2, -0.15) is 0 Å². The molecule has 1 amide bonds. The molecular weight excluding hydrogens is 335 g/mol. The fourth-order valence-electron chi connectivity index (χ4n) is 2.56. The highest BCUT2D eigenvalue weighted by molar-refractivity contribution is 7.13. The number of carbonyl (C=O) groups is 1. The molecule has 3 nitrogen and oxygen atoms in total. The maximum absolute atomic E-state index is 13.1. The molecule has 0 radical (unpaired) electrons. The monoisotopic (exact) mass is 354 g/mol. The van der Waals surface area contributed by atoms with Gasteiger partial charge in [0.05, 0.1) is 12.1 Å². The van der Waals surface area contributed by atoms with Crippen molar-refractivity contribution in [1.82, 2.24) is 10.3 Å². The number of halogens is 1. The first-order valence-corrected chi connectivity index (χ1v) is 9.01. The van der Waals surface area contributed by atoms with Crippen molar-refractivity contribution in [2.24, 2.45) is 0 Å². The number of benzene rings is 2. The van der Waals surface area contributed by atoms with Gasteiger partial charge in [0.1, 0.15) is 10.8 Å². The highest BCUT2D eigenvalue weighted by atomic mass is 32.1. The van der Waals surface area contributed by atoms with Crippen molar-refractivity contribution < 1.29 is 9.18 Å². The summed E-state index contributed by atoms with van der Waals surface area (Å²) < 4.78 is 13.1. The molecule has 0 aliphatic rings. The first kappa shape index (κ1) is 17.3. The highest BCUT2D eigenvalue weighted by Crippen LogP contribution is 2.24. The lowest BCUT2D eigenvalue weighted by molar-refractivity contribution is -0.120. The van der Waals surface area contributed by atoms with Gasteiger partial charge in [-0.25, -0.2) is 9.37 Å². The number of nitrogens with one attached hydrogen (secondary N) is 1. The average molecular weight is 354 g/mol. The van der Waals surface area contributed by atoms with Crippen molar-refractivity contribution >= 4 is 17.2 Å². The Labute approximate surface area is 150 Å². The van der Waals surface area contributed by atoms with Crippen molar-refractivity contribution in [2.45, 2.75) is 19.8 Å². The number of hydrogen-bond acceptors (Lipinski definition) is 3. The predicted octanol–water partition coefficient (Wildman–Crippen LogP) is 4.16. The van der Waals surface area contributed by atoms with Crippen LogP contribution in [0.4, 0.5) is 4.39 Å². The van der Waals surface area contributed by atoms with E-state index in [2.05, 4.69) is 16.4 Å². The Kier molecular flexibility index (Phi) is 5.56. The van der Waals surface area contributed by atoms with Crippen LogP contribution in [0, 0.1) is 12.7 Å². The van der Waals surface area contributed by atoms with Crippen LogP contribution in [0.3, 0.4) is 0 Å². The number of nitrogens with zero attached hydrogens (tertiary/aromatic N) is 1. The molecule has 2 aromatic carbocycles. The van der Waals surface area contributed by atoms with E-state index in [0.29, 0.717) is 13.0 Å². The number of aromatic nitrogens is 1. The quantitative estimate of drug-likeness (QED) is 0.722. The Morgan fingerprint density at radius 2 is 2.04 bits per heavy atom. The van der Waals surface area contributed by atoms with Gasteiger partial charge in [-0.1, -0.05) is 35.9 Å². The van der Waals surface area contributed by atoms with Crippen molar-refractivity contribution in [3.8, 4) is 10.6 Å². The summed E-state index contributed by atoms with van der Waals surface area (Å²) in [5.74, 6) is -0.326. The summed E-state index contributed by atoms with van der Waals surface area (Å²) in [4.78, 5) is 16.6. The molecule has 128 valence electrons. The molecule has 0 fully saturated rings. The van der Waals surface area contributed by atoms with Crippen LogP contribution < -0.4 is 5.32 Å². The molecular formula is C20H19FN2OS. The van der Waals surface area contributed by atoms with E-state index in [-0.39, 0.29) is 18.1 Å². The third-order valence-corrected chi connectivity index (χ3v) is 4.72. The summed E-state index contributed by atoms with van der Waals surface area (Å²) in [5.41, 5.74) is 3.90. The lowest BCUT2D eigenvalue weighted by Crippen LogP contribution is -2.27. The van der Waals surface area contributed by atoms with Gasteiger partial charge in [0.2, 0.25) is 5.91 Å². The minimum absolute atomic E-state index is 0.0718. The van der Waals surface area contributed by atoms with Crippen molar-refractivity contribution in [2.75, 3.05) is 6.54 Å². The normalized spacial score (nSPS) is 10.6. The Morgan fingerprint density at radius 1 is 1.20 bits per heavy atom. The molecule has 25 heavy (non-hydrogen) atoms. The molecule has 1 heterocycles. The average Bonchev–Trinajstić information content (AvgIpc) is 3.03. The Balaban J connectivity index is 1.51. The number of rotatable bonds is 6. The molecule has 5 heteroatoms. The van der Waals surface area contributed by atoms with Gasteiger partial charge < -0.3 is 5.32 Å². The van der Waals surface area contributed by atoms with E-state index in [1.54, 1.807) is 17.4 Å². The maximum atomic E-state index is 13.1. The third-order valence-electron chi connectivity index (χ3n) is 3.78. The third kappa shape index (κ3) is 4.97. The Morgan fingerprint density at radius 3 is 2.84 bits per heavy atom. The molecule has 1 N–H and O–H groups in total. The van der Waals surface area contributed by atoms with E-state index < -0.39 is 0 Å². The fraction of sp³-hybridized carbons (Fsp3) is 0.200. The van der Waals surface area contributed by atoms with Crippen LogP contribution >= 0.6 is 11.3 Å². The molecule has 0 atom stereocenters. The molecule has 1 aromatic heterocycles. The van der Waals surface area contributed by atoms with Gasteiger partial charge in [0.15, 0.2) is 0 Å². The molecule has 3 rings (SSSR count). The van der Waals surface area contributed by atoms with Crippen molar-refractivity contribution in [1.29, 1.82) is 0 Å². The molecule has 0 spiro atoms. The molecule has 3 aromatic rings. The van der Waals surface area contributed by atoms with Crippen molar-refractivity contribution in [3.63, 3.8) is 0 Å². The predicted molar refractivity (Wildman–Crippen MR) is 99.1 cm³/mol. The van der Waals surface area contributed by atoms with E-state index in [1.807, 2.05) is 36.6 Å². The maximum Gasteiger partial charge on any atom is 0.226 e. The number of hydrogen-bond donors (Lipinski definition) is 1. The van der Waals surface area contributed by atoms with Crippen LogP contribution in [0.2, 0.25) is 0 Å². The number of amides is 1. The van der Waals surface area contributed by atoms with E-state index in [4.69, 9.17) is 0 Å². The second kappa shape index (κ2) is 8.03. The Bertz CT molecular complexity index is 875. The number of thiazole rings is 1. The zero-order valence-electron chi connectivity index (χ0n) is 14.0. The minimum Gasteiger partial charge on any atom is -0.355 e. The van der Waals surface area contributed by atoms with Crippen LogP contribution in [0.15, 0.2) is 53.9 Å². The number of carbonyl (C=O) groups excluding carboxylic acids is 1. The molecule has 0 unspecified atom stereocenters. The molecule has 0 aliphatic carbocycles. The SMILES string of the molecule is Cc1cccc(-c2nc(CC(=O)NCCc3cccc(F)c3)cs2)c1. The standard InChI is InChI=1S/C20H19FN2OS/c1-14-4-2-6-16(10-14)20-23-18(13-25-20)12-19(24)22-9-8-15-5-3-7-17(21)11-15/h2-7,10-11,13H,8-9,12H2,1H3,(H,22,24). The first-order chi connectivity index (χ1) is 12.1. The van der Waals surface area contributed by atoms with Crippen molar-refractivity contribution in [3.05, 3.63) is 76.5 Å². The summed E-state index contributed by atoms with van der Waals surface area (Å²) in [5, 5.41) is 5.70. The summed E-state index contributed by atoms with van der Waals surface area (Å²) in [6.45, 7) is 2.53. The van der Waals surface area contributed by atoms with Crippen LogP contribution in [-0.4, -0.2) is 17.4 Å². The summed E-state index contributed by atoms with van der Waals surface area (Å²) in [6, 6.07) is 14.6. The van der Waals surface area contributed by atoms with Gasteiger partial charge >= 0.3 is 0 Å². The summed E-state index contributed by atoms with van der Waals surface area (Å²) >= 11 is 1.54.